The summed E-state index contributed by atoms with van der Waals surface area (Å²) < 4.78 is 0. The molecule has 0 bridgehead atoms. The molecule has 1 aliphatic heterocycles. The summed E-state index contributed by atoms with van der Waals surface area (Å²) in [5, 5.41) is 0. The van der Waals surface area contributed by atoms with Gasteiger partial charge in [0.2, 0.25) is 5.91 Å². The van der Waals surface area contributed by atoms with Crippen LogP contribution in [0, 0.1) is 10.8 Å². The zero-order chi connectivity index (χ0) is 13.3. The van der Waals surface area contributed by atoms with Gasteiger partial charge >= 0.3 is 0 Å². The van der Waals surface area contributed by atoms with Gasteiger partial charge in [-0.05, 0) is 23.7 Å². The molecule has 1 fully saturated rings. The van der Waals surface area contributed by atoms with Crippen molar-refractivity contribution in [2.24, 2.45) is 16.6 Å². The van der Waals surface area contributed by atoms with Gasteiger partial charge in [0.05, 0.1) is 0 Å². The third-order valence-electron chi connectivity index (χ3n) is 3.75. The Morgan fingerprint density at radius 2 is 2.00 bits per heavy atom. The highest BCUT2D eigenvalue weighted by molar-refractivity contribution is 5.76. The van der Waals surface area contributed by atoms with Crippen molar-refractivity contribution in [1.29, 1.82) is 0 Å². The van der Waals surface area contributed by atoms with Crippen LogP contribution in [0.2, 0.25) is 0 Å². The molecule has 0 aromatic carbocycles. The lowest BCUT2D eigenvalue weighted by atomic mass is 9.79. The number of carbonyl (C=O) groups excluding carboxylic acids is 1. The van der Waals surface area contributed by atoms with E-state index in [4.69, 9.17) is 5.73 Å². The predicted octanol–water partition coefficient (Wildman–Crippen LogP) is 2.40. The van der Waals surface area contributed by atoms with Crippen LogP contribution in [0.1, 0.15) is 53.9 Å². The normalized spacial score (nSPS) is 24.8. The number of hydrogen-bond acceptors (Lipinski definition) is 2. The van der Waals surface area contributed by atoms with Gasteiger partial charge in [0, 0.05) is 25.6 Å². The molecule has 0 saturated carbocycles. The number of carbonyl (C=O) groups is 1. The van der Waals surface area contributed by atoms with Gasteiger partial charge in [-0.2, -0.15) is 0 Å². The Hall–Kier alpha value is -0.570. The van der Waals surface area contributed by atoms with Crippen LogP contribution >= 0.6 is 0 Å². The van der Waals surface area contributed by atoms with Gasteiger partial charge in [0.15, 0.2) is 0 Å². The van der Waals surface area contributed by atoms with Gasteiger partial charge < -0.3 is 10.6 Å². The monoisotopic (exact) mass is 240 g/mol. The van der Waals surface area contributed by atoms with E-state index in [9.17, 15) is 4.79 Å². The predicted molar refractivity (Wildman–Crippen MR) is 71.6 cm³/mol. The molecule has 0 radical (unpaired) electrons. The Kier molecular flexibility index (Phi) is 4.23. The van der Waals surface area contributed by atoms with E-state index in [2.05, 4.69) is 34.6 Å². The molecule has 0 aliphatic carbocycles. The molecule has 100 valence electrons. The number of nitrogens with zero attached hydrogens (tertiary/aromatic N) is 1. The fourth-order valence-electron chi connectivity index (χ4n) is 2.23. The number of nitrogens with two attached hydrogens (primary N) is 1. The first-order valence-corrected chi connectivity index (χ1v) is 6.65. The second-order valence-electron chi connectivity index (χ2n) is 7.26. The Balaban J connectivity index is 2.49. The highest BCUT2D eigenvalue weighted by Crippen LogP contribution is 2.29. The molecule has 1 aliphatic rings. The maximum absolute atomic E-state index is 12.1. The molecule has 0 aromatic heterocycles. The molecule has 1 unspecified atom stereocenters. The minimum Gasteiger partial charge on any atom is -0.342 e. The molecule has 0 aromatic rings. The maximum Gasteiger partial charge on any atom is 0.222 e. The molecule has 1 atom stereocenters. The van der Waals surface area contributed by atoms with Crippen LogP contribution < -0.4 is 5.73 Å². The minimum atomic E-state index is 0.0512. The van der Waals surface area contributed by atoms with E-state index >= 15 is 0 Å². The van der Waals surface area contributed by atoms with Crippen molar-refractivity contribution in [2.75, 3.05) is 13.1 Å². The Morgan fingerprint density at radius 3 is 2.47 bits per heavy atom. The van der Waals surface area contributed by atoms with Crippen LogP contribution in [0.5, 0.6) is 0 Å². The van der Waals surface area contributed by atoms with E-state index in [-0.39, 0.29) is 16.9 Å². The lowest BCUT2D eigenvalue weighted by molar-refractivity contribution is -0.135. The fourth-order valence-corrected chi connectivity index (χ4v) is 2.23. The smallest absolute Gasteiger partial charge is 0.222 e. The summed E-state index contributed by atoms with van der Waals surface area (Å²) in [7, 11) is 0. The Bertz CT molecular complexity index is 278. The molecule has 1 saturated heterocycles. The van der Waals surface area contributed by atoms with Crippen LogP contribution in [-0.2, 0) is 4.79 Å². The second kappa shape index (κ2) is 4.97. The average Bonchev–Trinajstić information content (AvgIpc) is 2.17. The van der Waals surface area contributed by atoms with Crippen molar-refractivity contribution >= 4 is 5.91 Å². The summed E-state index contributed by atoms with van der Waals surface area (Å²) >= 11 is 0. The van der Waals surface area contributed by atoms with Crippen molar-refractivity contribution in [3.63, 3.8) is 0 Å². The van der Waals surface area contributed by atoms with E-state index in [1.165, 1.54) is 0 Å². The van der Waals surface area contributed by atoms with Gasteiger partial charge in [-0.1, -0.05) is 34.6 Å². The summed E-state index contributed by atoms with van der Waals surface area (Å²) in [6.07, 6.45) is 2.54. The number of amides is 1. The lowest BCUT2D eigenvalue weighted by Crippen LogP contribution is -2.54. The topological polar surface area (TPSA) is 46.3 Å². The van der Waals surface area contributed by atoms with Crippen molar-refractivity contribution < 1.29 is 4.79 Å². The number of piperidine rings is 1. The summed E-state index contributed by atoms with van der Waals surface area (Å²) in [6, 6.07) is 0.217. The molecule has 3 nitrogen and oxygen atoms in total. The van der Waals surface area contributed by atoms with Crippen molar-refractivity contribution in [2.45, 2.75) is 59.9 Å². The summed E-state index contributed by atoms with van der Waals surface area (Å²) in [5.41, 5.74) is 6.36. The second-order valence-corrected chi connectivity index (χ2v) is 7.26. The Labute approximate surface area is 106 Å². The third kappa shape index (κ3) is 4.30. The van der Waals surface area contributed by atoms with Crippen LogP contribution in [0.15, 0.2) is 0 Å². The van der Waals surface area contributed by atoms with Gasteiger partial charge in [-0.15, -0.1) is 0 Å². The van der Waals surface area contributed by atoms with Crippen molar-refractivity contribution in [3.8, 4) is 0 Å². The maximum atomic E-state index is 12.1. The Morgan fingerprint density at radius 1 is 1.41 bits per heavy atom. The van der Waals surface area contributed by atoms with Crippen LogP contribution in [0.4, 0.5) is 0 Å². The minimum absolute atomic E-state index is 0.0512. The largest absolute Gasteiger partial charge is 0.342 e. The zero-order valence-electron chi connectivity index (χ0n) is 12.0. The molecule has 1 rings (SSSR count). The lowest BCUT2D eigenvalue weighted by Gasteiger charge is -2.42. The molecule has 2 N–H and O–H groups in total. The van der Waals surface area contributed by atoms with Crippen molar-refractivity contribution in [1.82, 2.24) is 4.90 Å². The highest BCUT2D eigenvalue weighted by Gasteiger charge is 2.35. The molecule has 0 spiro atoms. The quantitative estimate of drug-likeness (QED) is 0.805. The fraction of sp³-hybridized carbons (Fsp3) is 0.929. The zero-order valence-corrected chi connectivity index (χ0v) is 12.0. The summed E-state index contributed by atoms with van der Waals surface area (Å²) in [5.74, 6) is 0.292. The first kappa shape index (κ1) is 14.5. The SMILES string of the molecule is CC(C)(C)CCC(=O)N1CCC(N)C(C)(C)C1. The van der Waals surface area contributed by atoms with E-state index < -0.39 is 0 Å². The molecular formula is C14H28N2O. The van der Waals surface area contributed by atoms with Gasteiger partial charge in [-0.3, -0.25) is 4.79 Å². The first-order chi connectivity index (χ1) is 7.62. The number of rotatable bonds is 2. The van der Waals surface area contributed by atoms with E-state index in [0.29, 0.717) is 12.3 Å². The van der Waals surface area contributed by atoms with Crippen molar-refractivity contribution in [3.05, 3.63) is 0 Å². The van der Waals surface area contributed by atoms with E-state index in [1.54, 1.807) is 0 Å². The standard InChI is InChI=1S/C14H28N2O/c1-13(2,3)8-6-12(17)16-9-7-11(15)14(4,5)10-16/h11H,6-10,15H2,1-5H3. The molecule has 1 amide bonds. The summed E-state index contributed by atoms with van der Waals surface area (Å²) in [4.78, 5) is 14.1. The molecule has 3 heteroatoms. The van der Waals surface area contributed by atoms with Crippen LogP contribution in [-0.4, -0.2) is 29.9 Å². The highest BCUT2D eigenvalue weighted by atomic mass is 16.2. The number of hydrogen-bond donors (Lipinski definition) is 1. The van der Waals surface area contributed by atoms with Gasteiger partial charge in [0.25, 0.3) is 0 Å². The van der Waals surface area contributed by atoms with E-state index in [1.807, 2.05) is 4.90 Å². The van der Waals surface area contributed by atoms with Gasteiger partial charge in [-0.25, -0.2) is 0 Å². The molecule has 1 heterocycles. The number of likely N-dealkylation sites (tertiary alicyclic amines) is 1. The van der Waals surface area contributed by atoms with Crippen LogP contribution in [0.3, 0.4) is 0 Å². The van der Waals surface area contributed by atoms with Gasteiger partial charge in [0.1, 0.15) is 0 Å². The van der Waals surface area contributed by atoms with E-state index in [0.717, 1.165) is 25.9 Å². The molecule has 17 heavy (non-hydrogen) atoms. The van der Waals surface area contributed by atoms with Crippen LogP contribution in [0.25, 0.3) is 0 Å². The third-order valence-corrected chi connectivity index (χ3v) is 3.75. The average molecular weight is 240 g/mol. The molecular weight excluding hydrogens is 212 g/mol. The first-order valence-electron chi connectivity index (χ1n) is 6.65. The summed E-state index contributed by atoms with van der Waals surface area (Å²) in [6.45, 7) is 12.5.